The lowest BCUT2D eigenvalue weighted by Crippen LogP contribution is -2.33. The van der Waals surface area contributed by atoms with Gasteiger partial charge in [-0.2, -0.15) is 0 Å². The van der Waals surface area contributed by atoms with Gasteiger partial charge in [0.15, 0.2) is 5.11 Å². The maximum atomic E-state index is 12.8. The molecule has 0 spiro atoms. The molecule has 0 radical (unpaired) electrons. The number of amides is 1. The molecule has 0 aliphatic rings. The van der Waals surface area contributed by atoms with E-state index >= 15 is 0 Å². The average Bonchev–Trinajstić information content (AvgIpc) is 2.50. The van der Waals surface area contributed by atoms with Crippen LogP contribution in [-0.2, 0) is 4.79 Å². The van der Waals surface area contributed by atoms with Gasteiger partial charge in [0.05, 0.1) is 0 Å². The van der Waals surface area contributed by atoms with Crippen molar-refractivity contribution in [3.05, 3.63) is 71.0 Å². The minimum Gasteiger partial charge on any atom is -0.332 e. The molecule has 0 aliphatic heterocycles. The Morgan fingerprint density at radius 1 is 1.13 bits per heavy atom. The highest BCUT2D eigenvalue weighted by Gasteiger charge is 2.04. The van der Waals surface area contributed by atoms with Crippen molar-refractivity contribution in [3.8, 4) is 0 Å². The molecule has 2 rings (SSSR count). The summed E-state index contributed by atoms with van der Waals surface area (Å²) in [7, 11) is 0. The van der Waals surface area contributed by atoms with Crippen LogP contribution in [0.3, 0.4) is 0 Å². The summed E-state index contributed by atoms with van der Waals surface area (Å²) in [6, 6.07) is 11.8. The fourth-order valence-corrected chi connectivity index (χ4v) is 2.13. The van der Waals surface area contributed by atoms with E-state index in [0.717, 1.165) is 22.4 Å². The van der Waals surface area contributed by atoms with Crippen molar-refractivity contribution in [2.45, 2.75) is 13.8 Å². The first kappa shape index (κ1) is 16.8. The van der Waals surface area contributed by atoms with Crippen LogP contribution in [0.1, 0.15) is 16.7 Å². The van der Waals surface area contributed by atoms with E-state index in [9.17, 15) is 9.18 Å². The standard InChI is InChI=1S/C18H17FN2OS/c1-12-3-4-13(2)16(11-12)20-18(23)21-17(22)10-7-14-5-8-15(19)9-6-14/h3-11H,1-2H3,(H2,20,21,22,23)/b10-7+. The fraction of sp³-hybridized carbons (Fsp3) is 0.111. The van der Waals surface area contributed by atoms with E-state index in [0.29, 0.717) is 0 Å². The number of hydrogen-bond acceptors (Lipinski definition) is 2. The zero-order valence-corrected chi connectivity index (χ0v) is 13.7. The highest BCUT2D eigenvalue weighted by atomic mass is 32.1. The second-order valence-electron chi connectivity index (χ2n) is 5.15. The zero-order valence-electron chi connectivity index (χ0n) is 12.9. The number of hydrogen-bond donors (Lipinski definition) is 2. The number of aryl methyl sites for hydroxylation is 2. The lowest BCUT2D eigenvalue weighted by atomic mass is 10.1. The molecule has 0 aromatic heterocycles. The van der Waals surface area contributed by atoms with Crippen molar-refractivity contribution >= 4 is 35.0 Å². The predicted molar refractivity (Wildman–Crippen MR) is 95.7 cm³/mol. The average molecular weight is 328 g/mol. The second-order valence-corrected chi connectivity index (χ2v) is 5.55. The highest BCUT2D eigenvalue weighted by molar-refractivity contribution is 7.80. The Hall–Kier alpha value is -2.53. The first-order chi connectivity index (χ1) is 10.9. The zero-order chi connectivity index (χ0) is 16.8. The summed E-state index contributed by atoms with van der Waals surface area (Å²) in [4.78, 5) is 11.8. The maximum Gasteiger partial charge on any atom is 0.250 e. The van der Waals surface area contributed by atoms with E-state index in [2.05, 4.69) is 10.6 Å². The lowest BCUT2D eigenvalue weighted by molar-refractivity contribution is -0.115. The third-order valence-electron chi connectivity index (χ3n) is 3.18. The summed E-state index contributed by atoms with van der Waals surface area (Å²) in [5, 5.41) is 5.81. The number of anilines is 1. The smallest absolute Gasteiger partial charge is 0.250 e. The van der Waals surface area contributed by atoms with Crippen molar-refractivity contribution in [1.82, 2.24) is 5.32 Å². The minimum absolute atomic E-state index is 0.229. The second kappa shape index (κ2) is 7.65. The van der Waals surface area contributed by atoms with Gasteiger partial charge < -0.3 is 5.32 Å². The van der Waals surface area contributed by atoms with E-state index in [1.54, 1.807) is 18.2 Å². The van der Waals surface area contributed by atoms with Crippen LogP contribution in [0.15, 0.2) is 48.5 Å². The van der Waals surface area contributed by atoms with Crippen molar-refractivity contribution in [2.75, 3.05) is 5.32 Å². The molecule has 0 bridgehead atoms. The number of carbonyl (C=O) groups excluding carboxylic acids is 1. The number of halogens is 1. The maximum absolute atomic E-state index is 12.8. The molecule has 3 nitrogen and oxygen atoms in total. The first-order valence-corrected chi connectivity index (χ1v) is 7.48. The van der Waals surface area contributed by atoms with Gasteiger partial charge in [-0.3, -0.25) is 10.1 Å². The van der Waals surface area contributed by atoms with Gasteiger partial charge in [-0.15, -0.1) is 0 Å². The van der Waals surface area contributed by atoms with Crippen LogP contribution in [0, 0.1) is 19.7 Å². The Bertz CT molecular complexity index is 754. The molecule has 0 unspecified atom stereocenters. The van der Waals surface area contributed by atoms with E-state index in [-0.39, 0.29) is 16.8 Å². The normalized spacial score (nSPS) is 10.6. The molecule has 0 fully saturated rings. The van der Waals surface area contributed by atoms with Crippen LogP contribution in [0.4, 0.5) is 10.1 Å². The van der Waals surface area contributed by atoms with Gasteiger partial charge in [0, 0.05) is 11.8 Å². The van der Waals surface area contributed by atoms with Gasteiger partial charge in [0.1, 0.15) is 5.82 Å². The Labute approximate surface area is 140 Å². The monoisotopic (exact) mass is 328 g/mol. The van der Waals surface area contributed by atoms with Gasteiger partial charge >= 0.3 is 0 Å². The summed E-state index contributed by atoms with van der Waals surface area (Å²) in [5.41, 5.74) is 3.73. The Morgan fingerprint density at radius 2 is 1.83 bits per heavy atom. The summed E-state index contributed by atoms with van der Waals surface area (Å²) in [5.74, 6) is -0.664. The van der Waals surface area contributed by atoms with Crippen LogP contribution in [-0.4, -0.2) is 11.0 Å². The number of nitrogens with one attached hydrogen (secondary N) is 2. The van der Waals surface area contributed by atoms with E-state index in [1.807, 2.05) is 32.0 Å². The highest BCUT2D eigenvalue weighted by Crippen LogP contribution is 2.16. The molecule has 0 atom stereocenters. The molecule has 118 valence electrons. The van der Waals surface area contributed by atoms with Crippen LogP contribution in [0.25, 0.3) is 6.08 Å². The lowest BCUT2D eigenvalue weighted by Gasteiger charge is -2.11. The number of benzene rings is 2. The summed E-state index contributed by atoms with van der Waals surface area (Å²) in [6.45, 7) is 3.94. The van der Waals surface area contributed by atoms with Crippen molar-refractivity contribution in [1.29, 1.82) is 0 Å². The topological polar surface area (TPSA) is 41.1 Å². The first-order valence-electron chi connectivity index (χ1n) is 7.07. The molecule has 0 saturated carbocycles. The van der Waals surface area contributed by atoms with Crippen LogP contribution in [0.5, 0.6) is 0 Å². The Kier molecular flexibility index (Phi) is 5.60. The molecule has 0 saturated heterocycles. The summed E-state index contributed by atoms with van der Waals surface area (Å²) >= 11 is 5.14. The van der Waals surface area contributed by atoms with Gasteiger partial charge in [0.25, 0.3) is 0 Å². The van der Waals surface area contributed by atoms with E-state index in [1.165, 1.54) is 18.2 Å². The van der Waals surface area contributed by atoms with Crippen molar-refractivity contribution < 1.29 is 9.18 Å². The van der Waals surface area contributed by atoms with E-state index in [4.69, 9.17) is 12.2 Å². The molecule has 0 heterocycles. The SMILES string of the molecule is Cc1ccc(C)c(NC(=S)NC(=O)/C=C/c2ccc(F)cc2)c1. The van der Waals surface area contributed by atoms with Crippen molar-refractivity contribution in [2.24, 2.45) is 0 Å². The van der Waals surface area contributed by atoms with Gasteiger partial charge in [0.2, 0.25) is 5.91 Å². The summed E-state index contributed by atoms with van der Waals surface area (Å²) in [6.07, 6.45) is 2.94. The van der Waals surface area contributed by atoms with E-state index < -0.39 is 0 Å². The third kappa shape index (κ3) is 5.30. The number of thiocarbonyl (C=S) groups is 1. The van der Waals surface area contributed by atoms with Crippen LogP contribution in [0.2, 0.25) is 0 Å². The molecule has 23 heavy (non-hydrogen) atoms. The molecule has 2 N–H and O–H groups in total. The van der Waals surface area contributed by atoms with Crippen LogP contribution >= 0.6 is 12.2 Å². The fourth-order valence-electron chi connectivity index (χ4n) is 1.92. The largest absolute Gasteiger partial charge is 0.332 e. The van der Waals surface area contributed by atoms with Gasteiger partial charge in [-0.05, 0) is 67.0 Å². The molecule has 0 aliphatic carbocycles. The third-order valence-corrected chi connectivity index (χ3v) is 3.38. The molecule has 5 heteroatoms. The predicted octanol–water partition coefficient (Wildman–Crippen LogP) is 3.97. The van der Waals surface area contributed by atoms with Gasteiger partial charge in [-0.1, -0.05) is 24.3 Å². The van der Waals surface area contributed by atoms with Crippen LogP contribution < -0.4 is 10.6 Å². The minimum atomic E-state index is -0.350. The molecular formula is C18H17FN2OS. The Balaban J connectivity index is 1.93. The quantitative estimate of drug-likeness (QED) is 0.662. The Morgan fingerprint density at radius 3 is 2.52 bits per heavy atom. The molecule has 1 amide bonds. The number of carbonyl (C=O) groups is 1. The van der Waals surface area contributed by atoms with Crippen molar-refractivity contribution in [3.63, 3.8) is 0 Å². The number of rotatable bonds is 3. The molecule has 2 aromatic carbocycles. The summed E-state index contributed by atoms with van der Waals surface area (Å²) < 4.78 is 12.8. The molecular weight excluding hydrogens is 311 g/mol. The van der Waals surface area contributed by atoms with Gasteiger partial charge in [-0.25, -0.2) is 4.39 Å². The molecule has 2 aromatic rings.